The van der Waals surface area contributed by atoms with Crippen molar-refractivity contribution >= 4 is 22.6 Å². The standard InChI is InChI=1S/C16H23ClN2O/c1-4-9-20-14-8-6-7-13-16(14)18-15(10-17)19(13)11-12(3)5-2/h6-8,12H,4-5,9-11H2,1-3H3. The Morgan fingerprint density at radius 3 is 2.80 bits per heavy atom. The number of hydrogen-bond donors (Lipinski definition) is 0. The monoisotopic (exact) mass is 294 g/mol. The van der Waals surface area contributed by atoms with Crippen LogP contribution in [0.2, 0.25) is 0 Å². The van der Waals surface area contributed by atoms with E-state index in [0.717, 1.165) is 42.0 Å². The number of para-hydroxylation sites is 1. The summed E-state index contributed by atoms with van der Waals surface area (Å²) >= 11 is 6.06. The van der Waals surface area contributed by atoms with Crippen LogP contribution in [0.3, 0.4) is 0 Å². The maximum absolute atomic E-state index is 6.06. The lowest BCUT2D eigenvalue weighted by molar-refractivity contribution is 0.320. The van der Waals surface area contributed by atoms with Gasteiger partial charge in [0, 0.05) is 6.54 Å². The average molecular weight is 295 g/mol. The Balaban J connectivity index is 2.45. The van der Waals surface area contributed by atoms with Crippen molar-refractivity contribution in [2.75, 3.05) is 6.61 Å². The van der Waals surface area contributed by atoms with Gasteiger partial charge in [-0.05, 0) is 24.5 Å². The van der Waals surface area contributed by atoms with E-state index in [2.05, 4.69) is 36.4 Å². The molecule has 0 saturated carbocycles. The number of hydrogen-bond acceptors (Lipinski definition) is 2. The van der Waals surface area contributed by atoms with Crippen LogP contribution in [0.1, 0.15) is 39.4 Å². The minimum absolute atomic E-state index is 0.429. The van der Waals surface area contributed by atoms with Gasteiger partial charge in [-0.1, -0.05) is 33.3 Å². The number of aromatic nitrogens is 2. The lowest BCUT2D eigenvalue weighted by atomic mass is 10.1. The van der Waals surface area contributed by atoms with Gasteiger partial charge < -0.3 is 9.30 Å². The van der Waals surface area contributed by atoms with Crippen LogP contribution in [0, 0.1) is 5.92 Å². The molecular formula is C16H23ClN2O. The van der Waals surface area contributed by atoms with Gasteiger partial charge in [-0.2, -0.15) is 0 Å². The Labute approximate surface area is 125 Å². The quantitative estimate of drug-likeness (QED) is 0.697. The van der Waals surface area contributed by atoms with E-state index in [-0.39, 0.29) is 0 Å². The molecule has 0 saturated heterocycles. The summed E-state index contributed by atoms with van der Waals surface area (Å²) in [5.41, 5.74) is 2.05. The average Bonchev–Trinajstić information content (AvgIpc) is 2.83. The van der Waals surface area contributed by atoms with Gasteiger partial charge in [0.25, 0.3) is 0 Å². The van der Waals surface area contributed by atoms with Crippen molar-refractivity contribution in [3.05, 3.63) is 24.0 Å². The number of halogens is 1. The zero-order valence-electron chi connectivity index (χ0n) is 12.5. The highest BCUT2D eigenvalue weighted by Gasteiger charge is 2.15. The predicted octanol–water partition coefficient (Wildman–Crippen LogP) is 4.61. The van der Waals surface area contributed by atoms with Crippen LogP contribution in [-0.2, 0) is 12.4 Å². The molecule has 0 radical (unpaired) electrons. The van der Waals surface area contributed by atoms with Crippen molar-refractivity contribution < 1.29 is 4.74 Å². The molecule has 4 heteroatoms. The van der Waals surface area contributed by atoms with E-state index >= 15 is 0 Å². The molecule has 1 heterocycles. The van der Waals surface area contributed by atoms with Gasteiger partial charge in [-0.25, -0.2) is 4.98 Å². The van der Waals surface area contributed by atoms with Crippen LogP contribution in [0.4, 0.5) is 0 Å². The maximum atomic E-state index is 6.06. The number of nitrogens with zero attached hydrogens (tertiary/aromatic N) is 2. The number of fused-ring (bicyclic) bond motifs is 1. The molecule has 0 fully saturated rings. The molecule has 0 aliphatic heterocycles. The van der Waals surface area contributed by atoms with E-state index in [1.54, 1.807) is 0 Å². The summed E-state index contributed by atoms with van der Waals surface area (Å²) < 4.78 is 8.03. The van der Waals surface area contributed by atoms with Crippen molar-refractivity contribution in [2.45, 2.75) is 46.0 Å². The van der Waals surface area contributed by atoms with E-state index in [1.807, 2.05) is 12.1 Å². The topological polar surface area (TPSA) is 27.1 Å². The molecule has 1 atom stereocenters. The third kappa shape index (κ3) is 3.09. The van der Waals surface area contributed by atoms with Crippen molar-refractivity contribution in [1.29, 1.82) is 0 Å². The Bertz CT molecular complexity index is 565. The highest BCUT2D eigenvalue weighted by Crippen LogP contribution is 2.28. The summed E-state index contributed by atoms with van der Waals surface area (Å²) in [6.07, 6.45) is 2.14. The second-order valence-corrected chi connectivity index (χ2v) is 5.53. The van der Waals surface area contributed by atoms with Crippen molar-refractivity contribution in [3.8, 4) is 5.75 Å². The number of imidazole rings is 1. The Morgan fingerprint density at radius 2 is 2.15 bits per heavy atom. The third-order valence-electron chi connectivity index (χ3n) is 3.59. The summed E-state index contributed by atoms with van der Waals surface area (Å²) in [7, 11) is 0. The first-order valence-electron chi connectivity index (χ1n) is 7.38. The Morgan fingerprint density at radius 1 is 1.35 bits per heavy atom. The van der Waals surface area contributed by atoms with Crippen molar-refractivity contribution in [3.63, 3.8) is 0 Å². The molecule has 1 aromatic heterocycles. The van der Waals surface area contributed by atoms with Gasteiger partial charge >= 0.3 is 0 Å². The fourth-order valence-corrected chi connectivity index (χ4v) is 2.45. The second-order valence-electron chi connectivity index (χ2n) is 5.26. The molecule has 2 rings (SSSR count). The molecule has 0 N–H and O–H groups in total. The zero-order chi connectivity index (χ0) is 14.5. The first kappa shape index (κ1) is 15.2. The normalized spacial score (nSPS) is 12.8. The minimum Gasteiger partial charge on any atom is -0.491 e. The lowest BCUT2D eigenvalue weighted by Crippen LogP contribution is -2.09. The molecular weight excluding hydrogens is 272 g/mol. The van der Waals surface area contributed by atoms with E-state index in [1.165, 1.54) is 0 Å². The van der Waals surface area contributed by atoms with Gasteiger partial charge in [0.1, 0.15) is 17.1 Å². The molecule has 0 spiro atoms. The number of benzene rings is 1. The Kier molecular flexibility index (Phi) is 5.30. The highest BCUT2D eigenvalue weighted by atomic mass is 35.5. The number of rotatable bonds is 7. The summed E-state index contributed by atoms with van der Waals surface area (Å²) in [6, 6.07) is 6.11. The largest absolute Gasteiger partial charge is 0.491 e. The molecule has 0 bridgehead atoms. The Hall–Kier alpha value is -1.22. The summed E-state index contributed by atoms with van der Waals surface area (Å²) in [5, 5.41) is 0. The predicted molar refractivity (Wildman–Crippen MR) is 84.5 cm³/mol. The molecule has 0 aliphatic carbocycles. The van der Waals surface area contributed by atoms with Crippen LogP contribution < -0.4 is 4.74 Å². The fraction of sp³-hybridized carbons (Fsp3) is 0.562. The molecule has 3 nitrogen and oxygen atoms in total. The number of ether oxygens (including phenoxy) is 1. The maximum Gasteiger partial charge on any atom is 0.147 e. The zero-order valence-corrected chi connectivity index (χ0v) is 13.3. The summed E-state index contributed by atoms with van der Waals surface area (Å²) in [5.74, 6) is 2.82. The molecule has 110 valence electrons. The second kappa shape index (κ2) is 6.98. The molecule has 20 heavy (non-hydrogen) atoms. The van der Waals surface area contributed by atoms with E-state index in [9.17, 15) is 0 Å². The molecule has 1 unspecified atom stereocenters. The van der Waals surface area contributed by atoms with Crippen LogP contribution in [-0.4, -0.2) is 16.2 Å². The SMILES string of the molecule is CCCOc1cccc2c1nc(CCl)n2CC(C)CC. The molecule has 0 amide bonds. The van der Waals surface area contributed by atoms with E-state index < -0.39 is 0 Å². The third-order valence-corrected chi connectivity index (χ3v) is 3.83. The van der Waals surface area contributed by atoms with Gasteiger partial charge in [-0.15, -0.1) is 11.6 Å². The molecule has 2 aromatic rings. The van der Waals surface area contributed by atoms with Crippen LogP contribution in [0.5, 0.6) is 5.75 Å². The summed E-state index contributed by atoms with van der Waals surface area (Å²) in [6.45, 7) is 8.23. The summed E-state index contributed by atoms with van der Waals surface area (Å²) in [4.78, 5) is 4.68. The first-order valence-corrected chi connectivity index (χ1v) is 7.91. The highest BCUT2D eigenvalue weighted by molar-refractivity contribution is 6.16. The number of alkyl halides is 1. The van der Waals surface area contributed by atoms with Gasteiger partial charge in [0.05, 0.1) is 18.0 Å². The minimum atomic E-state index is 0.429. The first-order chi connectivity index (χ1) is 9.71. The van der Waals surface area contributed by atoms with Gasteiger partial charge in [0.2, 0.25) is 0 Å². The van der Waals surface area contributed by atoms with Crippen LogP contribution in [0.25, 0.3) is 11.0 Å². The lowest BCUT2D eigenvalue weighted by Gasteiger charge is -2.13. The van der Waals surface area contributed by atoms with Gasteiger partial charge in [0.15, 0.2) is 0 Å². The smallest absolute Gasteiger partial charge is 0.147 e. The van der Waals surface area contributed by atoms with Crippen molar-refractivity contribution in [2.24, 2.45) is 5.92 Å². The van der Waals surface area contributed by atoms with Gasteiger partial charge in [-0.3, -0.25) is 0 Å². The van der Waals surface area contributed by atoms with Crippen LogP contribution in [0.15, 0.2) is 18.2 Å². The fourth-order valence-electron chi connectivity index (χ4n) is 2.24. The van der Waals surface area contributed by atoms with E-state index in [0.29, 0.717) is 18.4 Å². The van der Waals surface area contributed by atoms with Crippen molar-refractivity contribution in [1.82, 2.24) is 9.55 Å². The molecule has 1 aromatic carbocycles. The van der Waals surface area contributed by atoms with E-state index in [4.69, 9.17) is 16.3 Å². The molecule has 0 aliphatic rings. The van der Waals surface area contributed by atoms with Crippen LogP contribution >= 0.6 is 11.6 Å².